The summed E-state index contributed by atoms with van der Waals surface area (Å²) in [6.07, 6.45) is 0.708. The van der Waals surface area contributed by atoms with Gasteiger partial charge >= 0.3 is 5.97 Å². The van der Waals surface area contributed by atoms with Crippen LogP contribution in [-0.4, -0.2) is 12.1 Å². The predicted octanol–water partition coefficient (Wildman–Crippen LogP) is 2.62. The lowest BCUT2D eigenvalue weighted by Crippen LogP contribution is -2.32. The molecule has 0 aromatic carbocycles. The molecule has 0 unspecified atom stereocenters. The minimum atomic E-state index is -0.0291. The minimum absolute atomic E-state index is 0.0291. The molecular weight excluding hydrogens is 164 g/mol. The first-order valence-electron chi connectivity index (χ1n) is 5.02. The van der Waals surface area contributed by atoms with Crippen LogP contribution in [0.2, 0.25) is 0 Å². The molecule has 0 amide bonds. The molecule has 1 heterocycles. The first-order valence-corrected chi connectivity index (χ1v) is 5.02. The van der Waals surface area contributed by atoms with Crippen molar-refractivity contribution >= 4 is 5.97 Å². The summed E-state index contributed by atoms with van der Waals surface area (Å²) in [5.74, 6) is 0.772. The highest BCUT2D eigenvalue weighted by Crippen LogP contribution is 2.40. The standard InChI is InChI=1S/C11H20O2/c1-7(2)10-8(11(3,4)5)6-9(12)13-10/h7-8,10H,6H2,1-5H3/t8-,10-/m1/s1. The van der Waals surface area contributed by atoms with E-state index >= 15 is 0 Å². The van der Waals surface area contributed by atoms with Gasteiger partial charge in [-0.15, -0.1) is 0 Å². The molecule has 1 aliphatic heterocycles. The fourth-order valence-electron chi connectivity index (χ4n) is 1.98. The number of cyclic esters (lactones) is 1. The zero-order valence-electron chi connectivity index (χ0n) is 9.26. The van der Waals surface area contributed by atoms with Gasteiger partial charge in [-0.25, -0.2) is 0 Å². The zero-order chi connectivity index (χ0) is 10.2. The van der Waals surface area contributed by atoms with Crippen LogP contribution in [0.1, 0.15) is 41.0 Å². The molecule has 76 valence electrons. The summed E-state index contributed by atoms with van der Waals surface area (Å²) in [7, 11) is 0. The summed E-state index contributed by atoms with van der Waals surface area (Å²) < 4.78 is 5.32. The van der Waals surface area contributed by atoms with Gasteiger partial charge in [0.1, 0.15) is 6.10 Å². The number of carbonyl (C=O) groups excluding carboxylic acids is 1. The van der Waals surface area contributed by atoms with Crippen LogP contribution in [0.15, 0.2) is 0 Å². The van der Waals surface area contributed by atoms with Gasteiger partial charge in [-0.1, -0.05) is 34.6 Å². The topological polar surface area (TPSA) is 26.3 Å². The van der Waals surface area contributed by atoms with E-state index in [0.717, 1.165) is 0 Å². The van der Waals surface area contributed by atoms with Crippen LogP contribution in [0.25, 0.3) is 0 Å². The summed E-state index contributed by atoms with van der Waals surface area (Å²) >= 11 is 0. The second-order valence-electron chi connectivity index (χ2n) is 5.38. The first kappa shape index (κ1) is 10.6. The van der Waals surface area contributed by atoms with E-state index < -0.39 is 0 Å². The van der Waals surface area contributed by atoms with E-state index in [2.05, 4.69) is 34.6 Å². The molecule has 0 radical (unpaired) electrons. The molecule has 0 aromatic heterocycles. The van der Waals surface area contributed by atoms with Crippen molar-refractivity contribution in [2.24, 2.45) is 17.3 Å². The van der Waals surface area contributed by atoms with Crippen molar-refractivity contribution < 1.29 is 9.53 Å². The van der Waals surface area contributed by atoms with Gasteiger partial charge in [-0.3, -0.25) is 4.79 Å². The maximum Gasteiger partial charge on any atom is 0.306 e. The summed E-state index contributed by atoms with van der Waals surface area (Å²) in [4.78, 5) is 11.2. The molecule has 1 rings (SSSR count). The van der Waals surface area contributed by atoms with Crippen LogP contribution in [0.5, 0.6) is 0 Å². The second kappa shape index (κ2) is 3.32. The quantitative estimate of drug-likeness (QED) is 0.585. The fourth-order valence-corrected chi connectivity index (χ4v) is 1.98. The van der Waals surface area contributed by atoms with Gasteiger partial charge in [-0.05, 0) is 11.3 Å². The maximum absolute atomic E-state index is 11.2. The third-order valence-electron chi connectivity index (χ3n) is 2.82. The molecule has 1 aliphatic rings. The molecule has 2 heteroatoms. The van der Waals surface area contributed by atoms with E-state index in [9.17, 15) is 4.79 Å². The third kappa shape index (κ3) is 2.23. The Labute approximate surface area is 80.7 Å². The molecule has 0 spiro atoms. The van der Waals surface area contributed by atoms with Crippen molar-refractivity contribution in [2.45, 2.75) is 47.1 Å². The number of esters is 1. The van der Waals surface area contributed by atoms with Crippen molar-refractivity contribution in [2.75, 3.05) is 0 Å². The van der Waals surface area contributed by atoms with E-state index in [1.54, 1.807) is 0 Å². The third-order valence-corrected chi connectivity index (χ3v) is 2.82. The Kier molecular flexibility index (Phi) is 2.69. The Morgan fingerprint density at radius 2 is 1.92 bits per heavy atom. The average Bonchev–Trinajstić information content (AvgIpc) is 2.29. The van der Waals surface area contributed by atoms with Gasteiger partial charge in [0.2, 0.25) is 0 Å². The Hall–Kier alpha value is -0.530. The molecule has 0 N–H and O–H groups in total. The van der Waals surface area contributed by atoms with Crippen LogP contribution >= 0.6 is 0 Å². The molecular formula is C11H20O2. The number of hydrogen-bond donors (Lipinski definition) is 0. The number of carbonyl (C=O) groups is 1. The highest BCUT2D eigenvalue weighted by molar-refractivity contribution is 5.72. The normalized spacial score (nSPS) is 29.5. The molecule has 0 saturated carbocycles. The van der Waals surface area contributed by atoms with Crippen LogP contribution in [0, 0.1) is 17.3 Å². The lowest BCUT2D eigenvalue weighted by atomic mass is 9.74. The van der Waals surface area contributed by atoms with Gasteiger partial charge in [-0.2, -0.15) is 0 Å². The summed E-state index contributed by atoms with van der Waals surface area (Å²) in [5, 5.41) is 0. The summed E-state index contributed by atoms with van der Waals surface area (Å²) in [6, 6.07) is 0. The molecule has 13 heavy (non-hydrogen) atoms. The first-order chi connectivity index (χ1) is 5.82. The molecule has 0 aromatic rings. The van der Waals surface area contributed by atoms with Gasteiger partial charge in [0.25, 0.3) is 0 Å². The van der Waals surface area contributed by atoms with Crippen molar-refractivity contribution in [3.63, 3.8) is 0 Å². The Morgan fingerprint density at radius 1 is 1.38 bits per heavy atom. The van der Waals surface area contributed by atoms with Gasteiger partial charge in [0, 0.05) is 5.92 Å². The molecule has 1 fully saturated rings. The largest absolute Gasteiger partial charge is 0.462 e. The van der Waals surface area contributed by atoms with Gasteiger partial charge in [0.15, 0.2) is 0 Å². The highest BCUT2D eigenvalue weighted by Gasteiger charge is 2.43. The second-order valence-corrected chi connectivity index (χ2v) is 5.38. The summed E-state index contributed by atoms with van der Waals surface area (Å²) in [6.45, 7) is 10.8. The molecule has 0 bridgehead atoms. The van der Waals surface area contributed by atoms with Gasteiger partial charge < -0.3 is 4.74 Å². The number of rotatable bonds is 1. The molecule has 1 saturated heterocycles. The number of hydrogen-bond acceptors (Lipinski definition) is 2. The van der Waals surface area contributed by atoms with Crippen molar-refractivity contribution in [1.82, 2.24) is 0 Å². The Bertz CT molecular complexity index is 201. The minimum Gasteiger partial charge on any atom is -0.462 e. The van der Waals surface area contributed by atoms with E-state index in [1.807, 2.05) is 0 Å². The van der Waals surface area contributed by atoms with E-state index in [0.29, 0.717) is 18.3 Å². The van der Waals surface area contributed by atoms with Crippen molar-refractivity contribution in [3.8, 4) is 0 Å². The smallest absolute Gasteiger partial charge is 0.306 e. The van der Waals surface area contributed by atoms with E-state index in [1.165, 1.54) is 0 Å². The van der Waals surface area contributed by atoms with Crippen LogP contribution in [0.3, 0.4) is 0 Å². The van der Waals surface area contributed by atoms with Crippen LogP contribution in [0.4, 0.5) is 0 Å². The zero-order valence-corrected chi connectivity index (χ0v) is 9.26. The highest BCUT2D eigenvalue weighted by atomic mass is 16.6. The van der Waals surface area contributed by atoms with Crippen LogP contribution < -0.4 is 0 Å². The van der Waals surface area contributed by atoms with Crippen molar-refractivity contribution in [1.29, 1.82) is 0 Å². The average molecular weight is 184 g/mol. The van der Waals surface area contributed by atoms with Crippen molar-refractivity contribution in [3.05, 3.63) is 0 Å². The molecule has 2 atom stereocenters. The summed E-state index contributed by atoms with van der Waals surface area (Å²) in [5.41, 5.74) is 0.168. The lowest BCUT2D eigenvalue weighted by Gasteiger charge is -2.31. The van der Waals surface area contributed by atoms with Gasteiger partial charge in [0.05, 0.1) is 6.42 Å². The monoisotopic (exact) mass is 184 g/mol. The van der Waals surface area contributed by atoms with Crippen LogP contribution in [-0.2, 0) is 9.53 Å². The molecule has 0 aliphatic carbocycles. The van der Waals surface area contributed by atoms with E-state index in [-0.39, 0.29) is 17.5 Å². The Morgan fingerprint density at radius 3 is 2.23 bits per heavy atom. The maximum atomic E-state index is 11.2. The fraction of sp³-hybridized carbons (Fsp3) is 0.909. The predicted molar refractivity (Wildman–Crippen MR) is 52.3 cm³/mol. The SMILES string of the molecule is CC(C)[C@H]1OC(=O)C[C@H]1C(C)(C)C. The molecule has 2 nitrogen and oxygen atoms in total. The Balaban J connectivity index is 2.78. The van der Waals surface area contributed by atoms with E-state index in [4.69, 9.17) is 4.74 Å². The number of ether oxygens (including phenoxy) is 1. The lowest BCUT2D eigenvalue weighted by molar-refractivity contribution is -0.143.